The van der Waals surface area contributed by atoms with Crippen molar-refractivity contribution in [1.29, 1.82) is 0 Å². The number of hydrogen-bond acceptors (Lipinski definition) is 2. The third-order valence-corrected chi connectivity index (χ3v) is 3.49. The van der Waals surface area contributed by atoms with Gasteiger partial charge in [-0.1, -0.05) is 32.0 Å². The Morgan fingerprint density at radius 2 is 2.11 bits per heavy atom. The van der Waals surface area contributed by atoms with Gasteiger partial charge >= 0.3 is 0 Å². The molecule has 0 radical (unpaired) electrons. The van der Waals surface area contributed by atoms with Crippen LogP contribution in [0, 0.1) is 5.92 Å². The number of halogens is 1. The van der Waals surface area contributed by atoms with E-state index in [1.165, 1.54) is 6.26 Å². The lowest BCUT2D eigenvalue weighted by Gasteiger charge is -2.21. The van der Waals surface area contributed by atoms with Crippen LogP contribution in [0.15, 0.2) is 34.9 Å². The van der Waals surface area contributed by atoms with Gasteiger partial charge in [-0.15, -0.1) is 11.6 Å². The molecule has 4 heteroatoms. The molecule has 2 aromatic rings. The Kier molecular flexibility index (Phi) is 4.48. The van der Waals surface area contributed by atoms with Crippen LogP contribution in [0.2, 0.25) is 0 Å². The molecule has 1 heterocycles. The predicted octanol–water partition coefficient (Wildman–Crippen LogP) is 3.82. The van der Waals surface area contributed by atoms with Crippen LogP contribution in [0.5, 0.6) is 0 Å². The average Bonchev–Trinajstić information content (AvgIpc) is 2.81. The largest absolute Gasteiger partial charge is 0.463 e. The van der Waals surface area contributed by atoms with Gasteiger partial charge in [-0.2, -0.15) is 0 Å². The molecule has 1 aromatic heterocycles. The summed E-state index contributed by atoms with van der Waals surface area (Å²) in [4.78, 5) is 12.3. The minimum absolute atomic E-state index is 0.0821. The molecule has 0 aliphatic heterocycles. The molecule has 1 aromatic carbocycles. The number of furan rings is 1. The van der Waals surface area contributed by atoms with Crippen LogP contribution in [-0.2, 0) is 0 Å². The highest BCUT2D eigenvalue weighted by molar-refractivity contribution is 6.17. The van der Waals surface area contributed by atoms with Crippen LogP contribution in [0.4, 0.5) is 0 Å². The molecule has 0 aliphatic carbocycles. The van der Waals surface area contributed by atoms with E-state index in [0.717, 1.165) is 17.4 Å². The highest BCUT2D eigenvalue weighted by atomic mass is 35.5. The van der Waals surface area contributed by atoms with E-state index in [4.69, 9.17) is 16.0 Å². The quantitative estimate of drug-likeness (QED) is 0.846. The number of alkyl halides is 1. The van der Waals surface area contributed by atoms with Gasteiger partial charge in [0.05, 0.1) is 5.56 Å². The first-order chi connectivity index (χ1) is 9.13. The number of hydrogen-bond donors (Lipinski definition) is 1. The predicted molar refractivity (Wildman–Crippen MR) is 77.6 cm³/mol. The van der Waals surface area contributed by atoms with E-state index >= 15 is 0 Å². The summed E-state index contributed by atoms with van der Waals surface area (Å²) in [5.41, 5.74) is 1.31. The number of fused-ring (bicyclic) bond motifs is 1. The van der Waals surface area contributed by atoms with Crippen molar-refractivity contribution in [2.45, 2.75) is 26.3 Å². The first-order valence-corrected chi connectivity index (χ1v) is 7.00. The number of benzene rings is 1. The van der Waals surface area contributed by atoms with Crippen LogP contribution in [0.3, 0.4) is 0 Å². The lowest BCUT2D eigenvalue weighted by molar-refractivity contribution is 0.0925. The van der Waals surface area contributed by atoms with Gasteiger partial charge in [-0.05, 0) is 18.4 Å². The molecule has 1 unspecified atom stereocenters. The first kappa shape index (κ1) is 13.9. The van der Waals surface area contributed by atoms with Crippen molar-refractivity contribution in [3.05, 3.63) is 36.1 Å². The monoisotopic (exact) mass is 279 g/mol. The second kappa shape index (κ2) is 6.11. The molecule has 102 valence electrons. The molecule has 0 saturated carbocycles. The van der Waals surface area contributed by atoms with E-state index in [1.807, 2.05) is 24.3 Å². The van der Waals surface area contributed by atoms with Crippen molar-refractivity contribution in [1.82, 2.24) is 5.32 Å². The van der Waals surface area contributed by atoms with Gasteiger partial charge in [-0.25, -0.2) is 0 Å². The molecule has 2 rings (SSSR count). The van der Waals surface area contributed by atoms with Gasteiger partial charge in [-0.3, -0.25) is 4.79 Å². The van der Waals surface area contributed by atoms with Crippen LogP contribution >= 0.6 is 11.6 Å². The van der Waals surface area contributed by atoms with Crippen molar-refractivity contribution < 1.29 is 9.21 Å². The summed E-state index contributed by atoms with van der Waals surface area (Å²) < 4.78 is 5.39. The van der Waals surface area contributed by atoms with Crippen LogP contribution in [-0.4, -0.2) is 17.8 Å². The molecule has 0 aliphatic rings. The summed E-state index contributed by atoms with van der Waals surface area (Å²) in [6, 6.07) is 7.61. The normalized spacial score (nSPS) is 12.8. The van der Waals surface area contributed by atoms with Gasteiger partial charge in [0, 0.05) is 17.3 Å². The van der Waals surface area contributed by atoms with Crippen molar-refractivity contribution in [2.75, 3.05) is 5.88 Å². The summed E-state index contributed by atoms with van der Waals surface area (Å²) in [5.74, 6) is 0.782. The van der Waals surface area contributed by atoms with Gasteiger partial charge in [0.15, 0.2) is 0 Å². The maximum Gasteiger partial charge on any atom is 0.255 e. The van der Waals surface area contributed by atoms with Crippen LogP contribution < -0.4 is 5.32 Å². The van der Waals surface area contributed by atoms with Gasteiger partial charge in [0.25, 0.3) is 5.91 Å². The molecular weight excluding hydrogens is 262 g/mol. The van der Waals surface area contributed by atoms with Gasteiger partial charge < -0.3 is 9.73 Å². The Hall–Kier alpha value is -1.48. The Bertz CT molecular complexity index is 562. The minimum Gasteiger partial charge on any atom is -0.463 e. The Balaban J connectivity index is 2.19. The standard InChI is InChI=1S/C15H18ClNO2/c1-10(2)13(7-8-16)17-15(18)12-9-19-14-6-4-3-5-11(12)14/h3-6,9-10,13H,7-8H2,1-2H3,(H,17,18). The summed E-state index contributed by atoms with van der Waals surface area (Å²) in [6.07, 6.45) is 2.28. The van der Waals surface area contributed by atoms with E-state index in [9.17, 15) is 4.79 Å². The maximum absolute atomic E-state index is 12.3. The van der Waals surface area contributed by atoms with E-state index in [1.54, 1.807) is 0 Å². The maximum atomic E-state index is 12.3. The average molecular weight is 280 g/mol. The van der Waals surface area contributed by atoms with Crippen molar-refractivity contribution >= 4 is 28.5 Å². The van der Waals surface area contributed by atoms with E-state index < -0.39 is 0 Å². The molecule has 1 amide bonds. The number of carbonyl (C=O) groups is 1. The molecular formula is C15H18ClNO2. The number of para-hydroxylation sites is 1. The fraction of sp³-hybridized carbons (Fsp3) is 0.400. The highest BCUT2D eigenvalue weighted by Crippen LogP contribution is 2.21. The summed E-state index contributed by atoms with van der Waals surface area (Å²) in [7, 11) is 0. The van der Waals surface area contributed by atoms with Gasteiger partial charge in [0.1, 0.15) is 11.8 Å². The third kappa shape index (κ3) is 3.10. The Labute approximate surface area is 117 Å². The van der Waals surface area contributed by atoms with Crippen molar-refractivity contribution in [3.63, 3.8) is 0 Å². The second-order valence-corrected chi connectivity index (χ2v) is 5.33. The minimum atomic E-state index is -0.103. The van der Waals surface area contributed by atoms with E-state index in [-0.39, 0.29) is 11.9 Å². The first-order valence-electron chi connectivity index (χ1n) is 6.46. The zero-order valence-electron chi connectivity index (χ0n) is 11.2. The Morgan fingerprint density at radius 1 is 1.37 bits per heavy atom. The zero-order valence-corrected chi connectivity index (χ0v) is 11.9. The number of amides is 1. The Morgan fingerprint density at radius 3 is 2.79 bits per heavy atom. The molecule has 0 fully saturated rings. The molecule has 1 N–H and O–H groups in total. The zero-order chi connectivity index (χ0) is 13.8. The summed E-state index contributed by atoms with van der Waals surface area (Å²) >= 11 is 5.77. The second-order valence-electron chi connectivity index (χ2n) is 4.95. The topological polar surface area (TPSA) is 42.2 Å². The lowest BCUT2D eigenvalue weighted by Crippen LogP contribution is -2.38. The molecule has 0 bridgehead atoms. The summed E-state index contributed by atoms with van der Waals surface area (Å²) in [5, 5.41) is 3.87. The smallest absolute Gasteiger partial charge is 0.255 e. The number of rotatable bonds is 5. The molecule has 19 heavy (non-hydrogen) atoms. The fourth-order valence-corrected chi connectivity index (χ4v) is 2.32. The third-order valence-electron chi connectivity index (χ3n) is 3.27. The molecule has 0 spiro atoms. The van der Waals surface area contributed by atoms with Crippen LogP contribution in [0.1, 0.15) is 30.6 Å². The van der Waals surface area contributed by atoms with E-state index in [0.29, 0.717) is 17.4 Å². The lowest BCUT2D eigenvalue weighted by atomic mass is 10.0. The SMILES string of the molecule is CC(C)C(CCCl)NC(=O)c1coc2ccccc12. The summed E-state index contributed by atoms with van der Waals surface area (Å²) in [6.45, 7) is 4.15. The van der Waals surface area contributed by atoms with Gasteiger partial charge in [0.2, 0.25) is 0 Å². The van der Waals surface area contributed by atoms with Crippen molar-refractivity contribution in [3.8, 4) is 0 Å². The fourth-order valence-electron chi connectivity index (χ4n) is 2.09. The highest BCUT2D eigenvalue weighted by Gasteiger charge is 2.19. The molecule has 0 saturated heterocycles. The van der Waals surface area contributed by atoms with Crippen LogP contribution in [0.25, 0.3) is 11.0 Å². The van der Waals surface area contributed by atoms with Crippen molar-refractivity contribution in [2.24, 2.45) is 5.92 Å². The molecule has 1 atom stereocenters. The number of carbonyl (C=O) groups excluding carboxylic acids is 1. The van der Waals surface area contributed by atoms with E-state index in [2.05, 4.69) is 19.2 Å². The number of nitrogens with one attached hydrogen (secondary N) is 1. The molecule has 3 nitrogen and oxygen atoms in total.